The first-order valence-electron chi connectivity index (χ1n) is 7.18. The number of halogens is 1. The fourth-order valence-corrected chi connectivity index (χ4v) is 2.59. The van der Waals surface area contributed by atoms with E-state index in [-0.39, 0.29) is 5.91 Å². The molecule has 1 aliphatic rings. The summed E-state index contributed by atoms with van der Waals surface area (Å²) in [6.45, 7) is 2.74. The van der Waals surface area contributed by atoms with Crippen molar-refractivity contribution in [3.05, 3.63) is 23.2 Å². The topological polar surface area (TPSA) is 67.6 Å². The minimum Gasteiger partial charge on any atom is -0.397 e. The fourth-order valence-electron chi connectivity index (χ4n) is 2.47. The summed E-state index contributed by atoms with van der Waals surface area (Å²) in [5.41, 5.74) is 6.86. The largest absolute Gasteiger partial charge is 0.397 e. The van der Waals surface area contributed by atoms with E-state index in [1.165, 1.54) is 0 Å². The van der Waals surface area contributed by atoms with Gasteiger partial charge in [-0.3, -0.25) is 4.79 Å². The number of anilines is 2. The van der Waals surface area contributed by atoms with Crippen LogP contribution in [0.25, 0.3) is 0 Å². The molecular formula is C15H22ClN3O2. The lowest BCUT2D eigenvalue weighted by molar-refractivity contribution is -0.116. The van der Waals surface area contributed by atoms with E-state index in [2.05, 4.69) is 10.2 Å². The van der Waals surface area contributed by atoms with Gasteiger partial charge in [0.25, 0.3) is 0 Å². The van der Waals surface area contributed by atoms with E-state index < -0.39 is 0 Å². The molecule has 21 heavy (non-hydrogen) atoms. The van der Waals surface area contributed by atoms with Crippen LogP contribution in [0.5, 0.6) is 0 Å². The van der Waals surface area contributed by atoms with E-state index in [4.69, 9.17) is 22.1 Å². The number of hydrogen-bond donors (Lipinski definition) is 2. The third kappa shape index (κ3) is 4.88. The molecular weight excluding hydrogens is 290 g/mol. The smallest absolute Gasteiger partial charge is 0.225 e. The molecule has 0 spiro atoms. The highest BCUT2D eigenvalue weighted by Gasteiger charge is 2.18. The highest BCUT2D eigenvalue weighted by atomic mass is 35.5. The summed E-state index contributed by atoms with van der Waals surface area (Å²) in [5.74, 6) is -0.00872. The standard InChI is InChI=1S/C15H22ClN3O2/c1-21-12-4-7-19(8-5-12)9-6-15(20)18-11-2-3-13(16)14(17)10-11/h2-3,10,12H,4-9,17H2,1H3,(H,18,20). The Morgan fingerprint density at radius 3 is 2.81 bits per heavy atom. The van der Waals surface area contributed by atoms with E-state index >= 15 is 0 Å². The van der Waals surface area contributed by atoms with Gasteiger partial charge in [0.15, 0.2) is 0 Å². The molecule has 1 fully saturated rings. The molecule has 0 aromatic heterocycles. The van der Waals surface area contributed by atoms with Crippen LogP contribution in [0.2, 0.25) is 5.02 Å². The summed E-state index contributed by atoms with van der Waals surface area (Å²) in [6, 6.07) is 5.10. The van der Waals surface area contributed by atoms with Crippen LogP contribution in [0.1, 0.15) is 19.3 Å². The zero-order valence-corrected chi connectivity index (χ0v) is 13.0. The number of methoxy groups -OCH3 is 1. The monoisotopic (exact) mass is 311 g/mol. The molecule has 6 heteroatoms. The Labute approximate surface area is 130 Å². The molecule has 3 N–H and O–H groups in total. The summed E-state index contributed by atoms with van der Waals surface area (Å²) in [6.07, 6.45) is 2.91. The van der Waals surface area contributed by atoms with Crippen molar-refractivity contribution in [1.82, 2.24) is 4.90 Å². The van der Waals surface area contributed by atoms with E-state index in [1.54, 1.807) is 25.3 Å². The van der Waals surface area contributed by atoms with Gasteiger partial charge in [-0.2, -0.15) is 0 Å². The van der Waals surface area contributed by atoms with E-state index in [1.807, 2.05) is 0 Å². The Morgan fingerprint density at radius 1 is 1.48 bits per heavy atom. The summed E-state index contributed by atoms with van der Waals surface area (Å²) in [4.78, 5) is 14.2. The minimum atomic E-state index is -0.00872. The maximum Gasteiger partial charge on any atom is 0.225 e. The highest BCUT2D eigenvalue weighted by Crippen LogP contribution is 2.22. The summed E-state index contributed by atoms with van der Waals surface area (Å²) >= 11 is 5.85. The van der Waals surface area contributed by atoms with E-state index in [9.17, 15) is 4.79 Å². The van der Waals surface area contributed by atoms with Gasteiger partial charge in [-0.25, -0.2) is 0 Å². The van der Waals surface area contributed by atoms with Crippen LogP contribution in [0, 0.1) is 0 Å². The van der Waals surface area contributed by atoms with Gasteiger partial charge in [-0.1, -0.05) is 11.6 Å². The van der Waals surface area contributed by atoms with Gasteiger partial charge < -0.3 is 20.7 Å². The second-order valence-electron chi connectivity index (χ2n) is 5.31. The Balaban J connectivity index is 1.73. The van der Waals surface area contributed by atoms with Crippen molar-refractivity contribution in [2.24, 2.45) is 0 Å². The number of nitrogens with zero attached hydrogens (tertiary/aromatic N) is 1. The lowest BCUT2D eigenvalue weighted by atomic mass is 10.1. The third-order valence-corrected chi connectivity index (χ3v) is 4.15. The molecule has 116 valence electrons. The number of hydrogen-bond acceptors (Lipinski definition) is 4. The number of nitrogens with one attached hydrogen (secondary N) is 1. The van der Waals surface area contributed by atoms with Gasteiger partial charge >= 0.3 is 0 Å². The molecule has 1 aromatic carbocycles. The Bertz CT molecular complexity index is 488. The molecule has 0 atom stereocenters. The molecule has 0 unspecified atom stereocenters. The lowest BCUT2D eigenvalue weighted by Gasteiger charge is -2.30. The quantitative estimate of drug-likeness (QED) is 0.819. The molecule has 1 saturated heterocycles. The minimum absolute atomic E-state index is 0.00872. The predicted octanol–water partition coefficient (Wildman–Crippen LogP) is 2.36. The van der Waals surface area contributed by atoms with Gasteiger partial charge in [0.2, 0.25) is 5.91 Å². The number of carbonyl (C=O) groups is 1. The number of nitrogens with two attached hydrogens (primary N) is 1. The van der Waals surface area contributed by atoms with Gasteiger partial charge in [-0.15, -0.1) is 0 Å². The fraction of sp³-hybridized carbons (Fsp3) is 0.533. The molecule has 1 heterocycles. The van der Waals surface area contributed by atoms with Crippen molar-refractivity contribution in [2.45, 2.75) is 25.4 Å². The number of benzene rings is 1. The molecule has 0 saturated carbocycles. The molecule has 0 radical (unpaired) electrons. The van der Waals surface area contributed by atoms with Crippen LogP contribution >= 0.6 is 11.6 Å². The maximum atomic E-state index is 11.9. The van der Waals surface area contributed by atoms with Crippen LogP contribution < -0.4 is 11.1 Å². The van der Waals surface area contributed by atoms with Crippen molar-refractivity contribution in [1.29, 1.82) is 0 Å². The first kappa shape index (κ1) is 16.1. The van der Waals surface area contributed by atoms with Crippen LogP contribution in [-0.4, -0.2) is 43.7 Å². The molecule has 1 amide bonds. The molecule has 1 aliphatic heterocycles. The number of amides is 1. The molecule has 1 aromatic rings. The number of rotatable bonds is 5. The Hall–Kier alpha value is -1.30. The van der Waals surface area contributed by atoms with Gasteiger partial charge in [0, 0.05) is 38.9 Å². The van der Waals surface area contributed by atoms with Crippen molar-refractivity contribution in [3.63, 3.8) is 0 Å². The SMILES string of the molecule is COC1CCN(CCC(=O)Nc2ccc(Cl)c(N)c2)CC1. The Morgan fingerprint density at radius 2 is 2.19 bits per heavy atom. The number of ether oxygens (including phenoxy) is 1. The van der Waals surface area contributed by atoms with Crippen LogP contribution in [0.3, 0.4) is 0 Å². The highest BCUT2D eigenvalue weighted by molar-refractivity contribution is 6.33. The van der Waals surface area contributed by atoms with E-state index in [0.717, 1.165) is 32.5 Å². The Kier molecular flexibility index (Phi) is 5.85. The number of carbonyl (C=O) groups excluding carboxylic acids is 1. The van der Waals surface area contributed by atoms with Crippen molar-refractivity contribution in [3.8, 4) is 0 Å². The summed E-state index contributed by atoms with van der Waals surface area (Å²) in [7, 11) is 1.76. The molecule has 0 bridgehead atoms. The first-order chi connectivity index (χ1) is 10.1. The third-order valence-electron chi connectivity index (χ3n) is 3.80. The zero-order chi connectivity index (χ0) is 15.2. The van der Waals surface area contributed by atoms with E-state index in [0.29, 0.717) is 28.9 Å². The van der Waals surface area contributed by atoms with Crippen LogP contribution in [-0.2, 0) is 9.53 Å². The number of likely N-dealkylation sites (tertiary alicyclic amines) is 1. The van der Waals surface area contributed by atoms with Crippen LogP contribution in [0.15, 0.2) is 18.2 Å². The zero-order valence-electron chi connectivity index (χ0n) is 12.3. The molecule has 5 nitrogen and oxygen atoms in total. The van der Waals surface area contributed by atoms with Gasteiger partial charge in [-0.05, 0) is 31.0 Å². The van der Waals surface area contributed by atoms with Crippen molar-refractivity contribution < 1.29 is 9.53 Å². The first-order valence-corrected chi connectivity index (χ1v) is 7.56. The van der Waals surface area contributed by atoms with Crippen molar-refractivity contribution in [2.75, 3.05) is 37.8 Å². The average molecular weight is 312 g/mol. The number of nitrogen functional groups attached to an aromatic ring is 1. The maximum absolute atomic E-state index is 11.9. The second-order valence-corrected chi connectivity index (χ2v) is 5.72. The predicted molar refractivity (Wildman–Crippen MR) is 85.6 cm³/mol. The lowest BCUT2D eigenvalue weighted by Crippen LogP contribution is -2.38. The normalized spacial score (nSPS) is 16.9. The van der Waals surface area contributed by atoms with Crippen LogP contribution in [0.4, 0.5) is 11.4 Å². The molecule has 0 aliphatic carbocycles. The summed E-state index contributed by atoms with van der Waals surface area (Å²) < 4.78 is 5.34. The molecule has 2 rings (SSSR count). The van der Waals surface area contributed by atoms with Crippen molar-refractivity contribution >= 4 is 28.9 Å². The summed E-state index contributed by atoms with van der Waals surface area (Å²) in [5, 5.41) is 3.34. The van der Waals surface area contributed by atoms with Gasteiger partial charge in [0.05, 0.1) is 16.8 Å². The average Bonchev–Trinajstić information content (AvgIpc) is 2.49. The second kappa shape index (κ2) is 7.64. The van der Waals surface area contributed by atoms with Gasteiger partial charge in [0.1, 0.15) is 0 Å². The number of piperidine rings is 1.